The maximum atomic E-state index is 12.9. The fraction of sp³-hybridized carbons (Fsp3) is 0.200. The lowest BCUT2D eigenvalue weighted by molar-refractivity contribution is -0.379. The molecule has 1 aliphatic heterocycles. The van der Waals surface area contributed by atoms with Crippen LogP contribution in [0.5, 0.6) is 0 Å². The topological polar surface area (TPSA) is 101 Å². The number of hydrogen-bond donors (Lipinski definition) is 3. The molecule has 2 aromatic carbocycles. The number of rotatable bonds is 4. The summed E-state index contributed by atoms with van der Waals surface area (Å²) < 4.78 is 1.51. The number of pyridine rings is 1. The molecule has 1 fully saturated rings. The van der Waals surface area contributed by atoms with Gasteiger partial charge >= 0.3 is 0 Å². The smallest absolute Gasteiger partial charge is 0.273 e. The van der Waals surface area contributed by atoms with E-state index in [0.29, 0.717) is 22.9 Å². The fourth-order valence-corrected chi connectivity index (χ4v) is 3.42. The molecular formula is C20H18N5O2+. The van der Waals surface area contributed by atoms with Crippen LogP contribution in [0.3, 0.4) is 0 Å². The standard InChI is InChI=1S/C20H17N5O2/c21-11-14-9-13-1-2-16(23-17-7-8-22-12-17)10-19(13)25(20(14)26)18-5-3-15(24-27)4-6-18/h1-6,9-10,17,22-23H,7-8,12H2/p+1/t17-/m1/s1. The Morgan fingerprint density at radius 1 is 1.19 bits per heavy atom. The van der Waals surface area contributed by atoms with Gasteiger partial charge in [-0.1, -0.05) is 6.07 Å². The lowest BCUT2D eigenvalue weighted by Crippen LogP contribution is -2.55. The van der Waals surface area contributed by atoms with Crippen molar-refractivity contribution < 1.29 is 5.18 Å². The summed E-state index contributed by atoms with van der Waals surface area (Å²) in [6.45, 7) is 1.89. The van der Waals surface area contributed by atoms with Crippen LogP contribution in [0.1, 0.15) is 12.0 Å². The van der Waals surface area contributed by atoms with E-state index in [9.17, 15) is 15.0 Å². The fourth-order valence-electron chi connectivity index (χ4n) is 3.42. The van der Waals surface area contributed by atoms with Gasteiger partial charge in [-0.3, -0.25) is 9.36 Å². The van der Waals surface area contributed by atoms with Gasteiger partial charge in [0.05, 0.1) is 5.52 Å². The third kappa shape index (κ3) is 3.18. The second kappa shape index (κ2) is 7.02. The Kier molecular flexibility index (Phi) is 4.40. The van der Waals surface area contributed by atoms with Crippen molar-refractivity contribution in [3.63, 3.8) is 0 Å². The first-order valence-electron chi connectivity index (χ1n) is 8.75. The maximum absolute atomic E-state index is 12.9. The van der Waals surface area contributed by atoms with Crippen molar-refractivity contribution in [3.8, 4) is 11.8 Å². The minimum absolute atomic E-state index is 0.0780. The molecule has 0 radical (unpaired) electrons. The average molecular weight is 360 g/mol. The van der Waals surface area contributed by atoms with E-state index < -0.39 is 0 Å². The Morgan fingerprint density at radius 3 is 2.67 bits per heavy atom. The van der Waals surface area contributed by atoms with Crippen LogP contribution < -0.4 is 21.4 Å². The number of nitrogens with one attached hydrogen (secondary N) is 3. The summed E-state index contributed by atoms with van der Waals surface area (Å²) in [6.07, 6.45) is 1.04. The average Bonchev–Trinajstić information content (AvgIpc) is 3.21. The summed E-state index contributed by atoms with van der Waals surface area (Å²) in [5.41, 5.74) is 2.33. The molecule has 1 atom stereocenters. The van der Waals surface area contributed by atoms with E-state index in [2.05, 4.69) is 10.6 Å². The van der Waals surface area contributed by atoms with Gasteiger partial charge in [-0.05, 0) is 43.3 Å². The van der Waals surface area contributed by atoms with Crippen molar-refractivity contribution in [2.24, 2.45) is 0 Å². The van der Waals surface area contributed by atoms with Crippen molar-refractivity contribution in [2.75, 3.05) is 18.4 Å². The lowest BCUT2D eigenvalue weighted by Gasteiger charge is -2.16. The summed E-state index contributed by atoms with van der Waals surface area (Å²) >= 11 is 0. The number of anilines is 1. The van der Waals surface area contributed by atoms with Crippen LogP contribution >= 0.6 is 0 Å². The Balaban J connectivity index is 1.89. The second-order valence-electron chi connectivity index (χ2n) is 6.57. The number of hydrogen-bond acceptors (Lipinski definition) is 5. The van der Waals surface area contributed by atoms with Gasteiger partial charge in [0.15, 0.2) is 0 Å². The molecule has 3 aromatic rings. The predicted molar refractivity (Wildman–Crippen MR) is 103 cm³/mol. The van der Waals surface area contributed by atoms with Crippen molar-refractivity contribution in [1.29, 1.82) is 5.26 Å². The van der Waals surface area contributed by atoms with E-state index >= 15 is 0 Å². The lowest BCUT2D eigenvalue weighted by atomic mass is 10.1. The van der Waals surface area contributed by atoms with Crippen LogP contribution in [0, 0.1) is 16.2 Å². The number of nitroso groups, excluding NO2 is 1. The van der Waals surface area contributed by atoms with Crippen molar-refractivity contribution in [3.05, 3.63) is 69.4 Å². The number of aromatic nitrogens is 1. The molecule has 1 aliphatic rings. The summed E-state index contributed by atoms with van der Waals surface area (Å²) in [4.78, 5) is 23.7. The van der Waals surface area contributed by atoms with Gasteiger partial charge in [0, 0.05) is 51.6 Å². The molecule has 0 amide bonds. The zero-order valence-corrected chi connectivity index (χ0v) is 14.5. The van der Waals surface area contributed by atoms with Crippen LogP contribution in [0.15, 0.2) is 53.3 Å². The second-order valence-corrected chi connectivity index (χ2v) is 6.57. The maximum Gasteiger partial charge on any atom is 0.273 e. The van der Waals surface area contributed by atoms with Crippen LogP contribution in [-0.2, 0) is 0 Å². The first-order chi connectivity index (χ1) is 13.2. The van der Waals surface area contributed by atoms with Gasteiger partial charge in [-0.2, -0.15) is 5.26 Å². The van der Waals surface area contributed by atoms with Gasteiger partial charge in [-0.15, -0.1) is 0 Å². The summed E-state index contributed by atoms with van der Waals surface area (Å²) in [7, 11) is 0. The van der Waals surface area contributed by atoms with E-state index in [0.717, 1.165) is 30.6 Å². The third-order valence-electron chi connectivity index (χ3n) is 4.80. The molecule has 0 unspecified atom stereocenters. The highest BCUT2D eigenvalue weighted by molar-refractivity contribution is 5.85. The molecule has 1 aromatic heterocycles. The first kappa shape index (κ1) is 16.9. The summed E-state index contributed by atoms with van der Waals surface area (Å²) in [5.74, 6) is 0. The van der Waals surface area contributed by atoms with E-state index in [1.165, 1.54) is 4.57 Å². The Bertz CT molecular complexity index is 1110. The predicted octanol–water partition coefficient (Wildman–Crippen LogP) is 1.11. The molecule has 1 saturated heterocycles. The SMILES string of the molecule is N#Cc1cc2ccc(N[C@@H]3CCNC3)cc2n(-c2ccc([NH+]=O)cc2)c1=O. The van der Waals surface area contributed by atoms with E-state index in [-0.39, 0.29) is 11.1 Å². The molecule has 3 N–H and O–H groups in total. The number of nitriles is 1. The molecule has 0 bridgehead atoms. The molecule has 7 heteroatoms. The van der Waals surface area contributed by atoms with Crippen molar-refractivity contribution in [2.45, 2.75) is 12.5 Å². The zero-order chi connectivity index (χ0) is 18.8. The van der Waals surface area contributed by atoms with Crippen molar-refractivity contribution >= 4 is 22.3 Å². The van der Waals surface area contributed by atoms with Crippen molar-refractivity contribution in [1.82, 2.24) is 9.88 Å². The normalized spacial score (nSPS) is 16.2. The molecule has 7 nitrogen and oxygen atoms in total. The molecular weight excluding hydrogens is 342 g/mol. The highest BCUT2D eigenvalue weighted by Gasteiger charge is 2.16. The van der Waals surface area contributed by atoms with E-state index in [1.807, 2.05) is 29.4 Å². The van der Waals surface area contributed by atoms with E-state index in [4.69, 9.17) is 0 Å². The minimum Gasteiger partial charge on any atom is -0.381 e. The highest BCUT2D eigenvalue weighted by atomic mass is 16.3. The molecule has 4 rings (SSSR count). The molecule has 2 heterocycles. The van der Waals surface area contributed by atoms with Crippen LogP contribution in [-0.4, -0.2) is 23.7 Å². The molecule has 27 heavy (non-hydrogen) atoms. The Labute approximate surface area is 155 Å². The van der Waals surface area contributed by atoms with Crippen LogP contribution in [0.25, 0.3) is 16.6 Å². The molecule has 0 aliphatic carbocycles. The van der Waals surface area contributed by atoms with Gasteiger partial charge in [0.2, 0.25) is 0 Å². The minimum atomic E-state index is -0.382. The van der Waals surface area contributed by atoms with Gasteiger partial charge in [-0.25, -0.2) is 0 Å². The highest BCUT2D eigenvalue weighted by Crippen LogP contribution is 2.23. The Morgan fingerprint density at radius 2 is 2.00 bits per heavy atom. The number of fused-ring (bicyclic) bond motifs is 1. The largest absolute Gasteiger partial charge is 0.381 e. The summed E-state index contributed by atoms with van der Waals surface area (Å²) in [5, 5.41) is 18.8. The number of nitrogens with zero attached hydrogens (tertiary/aromatic N) is 2. The molecule has 134 valence electrons. The van der Waals surface area contributed by atoms with Gasteiger partial charge < -0.3 is 10.6 Å². The third-order valence-corrected chi connectivity index (χ3v) is 4.80. The number of benzene rings is 2. The van der Waals surface area contributed by atoms with E-state index in [1.54, 1.807) is 30.3 Å². The van der Waals surface area contributed by atoms with Gasteiger partial charge in [0.1, 0.15) is 11.6 Å². The Hall–Kier alpha value is -3.50. The zero-order valence-electron chi connectivity index (χ0n) is 14.5. The van der Waals surface area contributed by atoms with Gasteiger partial charge in [0.25, 0.3) is 11.2 Å². The monoisotopic (exact) mass is 360 g/mol. The molecule has 0 saturated carbocycles. The van der Waals surface area contributed by atoms with Crippen LogP contribution in [0.4, 0.5) is 11.4 Å². The summed E-state index contributed by atoms with van der Waals surface area (Å²) in [6, 6.07) is 16.3. The first-order valence-corrected chi connectivity index (χ1v) is 8.75. The van der Waals surface area contributed by atoms with Crippen LogP contribution in [0.2, 0.25) is 0 Å². The quantitative estimate of drug-likeness (QED) is 0.647. The molecule has 0 spiro atoms.